The first-order valence-electron chi connectivity index (χ1n) is 10.6. The fraction of sp³-hybridized carbons (Fsp3) is 0.435. The molecule has 0 unspecified atom stereocenters. The van der Waals surface area contributed by atoms with E-state index in [-0.39, 0.29) is 6.04 Å². The third-order valence-corrected chi connectivity index (χ3v) is 7.28. The van der Waals surface area contributed by atoms with Gasteiger partial charge in [0.15, 0.2) is 5.11 Å². The summed E-state index contributed by atoms with van der Waals surface area (Å²) in [5.41, 5.74) is 3.73. The van der Waals surface area contributed by atoms with Gasteiger partial charge in [-0.3, -0.25) is 4.31 Å². The van der Waals surface area contributed by atoms with E-state index in [4.69, 9.17) is 12.2 Å². The van der Waals surface area contributed by atoms with E-state index in [2.05, 4.69) is 53.6 Å². The molecule has 0 aromatic heterocycles. The van der Waals surface area contributed by atoms with E-state index in [9.17, 15) is 8.42 Å². The molecule has 2 aromatic rings. The smallest absolute Gasteiger partial charge is 0.231 e. The van der Waals surface area contributed by atoms with Gasteiger partial charge >= 0.3 is 0 Å². The molecule has 2 N–H and O–H groups in total. The molecule has 2 aromatic carbocycles. The van der Waals surface area contributed by atoms with E-state index in [0.717, 1.165) is 30.3 Å². The Morgan fingerprint density at radius 3 is 2.42 bits per heavy atom. The summed E-state index contributed by atoms with van der Waals surface area (Å²) in [7, 11) is -1.79. The summed E-state index contributed by atoms with van der Waals surface area (Å²) in [6.07, 6.45) is 3.68. The minimum Gasteiger partial charge on any atom is -0.372 e. The first-order valence-corrected chi connectivity index (χ1v) is 12.9. The van der Waals surface area contributed by atoms with E-state index < -0.39 is 10.0 Å². The molecule has 168 valence electrons. The number of hydrogen-bond acceptors (Lipinski definition) is 4. The van der Waals surface area contributed by atoms with Crippen molar-refractivity contribution in [3.8, 4) is 0 Å². The molecule has 8 heteroatoms. The van der Waals surface area contributed by atoms with Crippen LogP contribution in [0, 0.1) is 5.92 Å². The van der Waals surface area contributed by atoms with Crippen molar-refractivity contribution in [1.82, 2.24) is 5.32 Å². The van der Waals surface area contributed by atoms with Crippen LogP contribution in [0.15, 0.2) is 48.5 Å². The van der Waals surface area contributed by atoms with Gasteiger partial charge in [0.2, 0.25) is 10.0 Å². The van der Waals surface area contributed by atoms with E-state index in [1.165, 1.54) is 36.1 Å². The van der Waals surface area contributed by atoms with Gasteiger partial charge in [-0.1, -0.05) is 25.1 Å². The SMILES string of the molecule is CC1CCN(c2ccc([C@H](C)NC(=S)Nc3cccc(N(C)S(C)(=O)=O)c3)cc2)CC1. The molecular formula is C23H32N4O2S2. The number of nitrogens with zero attached hydrogens (tertiary/aromatic N) is 2. The van der Waals surface area contributed by atoms with Crippen LogP contribution in [0.25, 0.3) is 0 Å². The highest BCUT2D eigenvalue weighted by Crippen LogP contribution is 2.25. The van der Waals surface area contributed by atoms with Crippen molar-refractivity contribution in [2.45, 2.75) is 32.7 Å². The number of piperidine rings is 1. The Hall–Kier alpha value is -2.32. The summed E-state index contributed by atoms with van der Waals surface area (Å²) in [5, 5.41) is 6.94. The van der Waals surface area contributed by atoms with Crippen molar-refractivity contribution in [3.05, 3.63) is 54.1 Å². The minimum atomic E-state index is -3.32. The lowest BCUT2D eigenvalue weighted by atomic mass is 9.98. The minimum absolute atomic E-state index is 0.0392. The van der Waals surface area contributed by atoms with Crippen LogP contribution in [-0.4, -0.2) is 39.9 Å². The summed E-state index contributed by atoms with van der Waals surface area (Å²) in [6, 6.07) is 15.9. The molecule has 3 rings (SSSR count). The van der Waals surface area contributed by atoms with Gasteiger partial charge in [-0.25, -0.2) is 8.42 Å². The molecule has 0 bridgehead atoms. The van der Waals surface area contributed by atoms with Crippen LogP contribution in [0.2, 0.25) is 0 Å². The van der Waals surface area contributed by atoms with Crippen molar-refractivity contribution in [1.29, 1.82) is 0 Å². The number of hydrogen-bond donors (Lipinski definition) is 2. The van der Waals surface area contributed by atoms with Gasteiger partial charge in [-0.05, 0) is 73.8 Å². The predicted octanol–water partition coefficient (Wildman–Crippen LogP) is 4.37. The highest BCUT2D eigenvalue weighted by Gasteiger charge is 2.17. The monoisotopic (exact) mass is 460 g/mol. The predicted molar refractivity (Wildman–Crippen MR) is 135 cm³/mol. The molecule has 1 saturated heterocycles. The van der Waals surface area contributed by atoms with Gasteiger partial charge in [0.1, 0.15) is 0 Å². The Kier molecular flexibility index (Phi) is 7.43. The second kappa shape index (κ2) is 9.87. The van der Waals surface area contributed by atoms with E-state index in [1.54, 1.807) is 18.2 Å². The van der Waals surface area contributed by atoms with E-state index in [1.807, 2.05) is 6.07 Å². The number of nitrogens with one attached hydrogen (secondary N) is 2. The van der Waals surface area contributed by atoms with Crippen LogP contribution in [0.1, 0.15) is 38.3 Å². The maximum Gasteiger partial charge on any atom is 0.231 e. The molecule has 0 spiro atoms. The third-order valence-electron chi connectivity index (χ3n) is 5.85. The van der Waals surface area contributed by atoms with E-state index in [0.29, 0.717) is 10.8 Å². The van der Waals surface area contributed by atoms with Crippen molar-refractivity contribution >= 4 is 44.4 Å². The molecule has 0 amide bonds. The van der Waals surface area contributed by atoms with Crippen LogP contribution >= 0.6 is 12.2 Å². The molecule has 0 radical (unpaired) electrons. The van der Waals surface area contributed by atoms with Crippen LogP contribution < -0.4 is 19.8 Å². The standard InChI is InChI=1S/C23H32N4O2S2/c1-17-12-14-27(15-13-17)21-10-8-19(9-11-21)18(2)24-23(30)25-20-6-5-7-22(16-20)26(3)31(4,28)29/h5-11,16-18H,12-15H2,1-4H3,(H2,24,25,30)/t18-/m0/s1. The summed E-state index contributed by atoms with van der Waals surface area (Å²) >= 11 is 5.47. The van der Waals surface area contributed by atoms with Gasteiger partial charge in [0, 0.05) is 31.5 Å². The quantitative estimate of drug-likeness (QED) is 0.624. The summed E-state index contributed by atoms with van der Waals surface area (Å²) < 4.78 is 24.8. The fourth-order valence-electron chi connectivity index (χ4n) is 3.66. The Morgan fingerprint density at radius 1 is 1.16 bits per heavy atom. The van der Waals surface area contributed by atoms with Gasteiger partial charge in [0.25, 0.3) is 0 Å². The van der Waals surface area contributed by atoms with Crippen molar-refractivity contribution in [3.63, 3.8) is 0 Å². The summed E-state index contributed by atoms with van der Waals surface area (Å²) in [5.74, 6) is 0.820. The second-order valence-electron chi connectivity index (χ2n) is 8.36. The Bertz CT molecular complexity index is 1000. The fourth-order valence-corrected chi connectivity index (χ4v) is 4.45. The highest BCUT2D eigenvalue weighted by molar-refractivity contribution is 7.92. The number of anilines is 3. The van der Waals surface area contributed by atoms with Gasteiger partial charge in [-0.15, -0.1) is 0 Å². The Morgan fingerprint density at radius 2 is 1.81 bits per heavy atom. The third kappa shape index (κ3) is 6.33. The lowest BCUT2D eigenvalue weighted by molar-refractivity contribution is 0.438. The number of sulfonamides is 1. The van der Waals surface area contributed by atoms with Crippen molar-refractivity contribution < 1.29 is 8.42 Å². The molecular weight excluding hydrogens is 428 g/mol. The second-order valence-corrected chi connectivity index (χ2v) is 10.8. The maximum atomic E-state index is 11.8. The zero-order chi connectivity index (χ0) is 22.6. The average Bonchev–Trinajstić information content (AvgIpc) is 2.73. The summed E-state index contributed by atoms with van der Waals surface area (Å²) in [6.45, 7) is 6.64. The lowest BCUT2D eigenvalue weighted by Crippen LogP contribution is -2.33. The molecule has 1 aliphatic rings. The molecule has 1 aliphatic heterocycles. The van der Waals surface area contributed by atoms with Crippen molar-refractivity contribution in [2.24, 2.45) is 5.92 Å². The van der Waals surface area contributed by atoms with Crippen LogP contribution in [0.5, 0.6) is 0 Å². The zero-order valence-corrected chi connectivity index (χ0v) is 20.3. The number of benzene rings is 2. The van der Waals surface area contributed by atoms with Crippen LogP contribution in [-0.2, 0) is 10.0 Å². The molecule has 0 saturated carbocycles. The molecule has 1 fully saturated rings. The lowest BCUT2D eigenvalue weighted by Gasteiger charge is -2.32. The first kappa shape index (κ1) is 23.3. The van der Waals surface area contributed by atoms with Crippen molar-refractivity contribution in [2.75, 3.05) is 40.9 Å². The summed E-state index contributed by atoms with van der Waals surface area (Å²) in [4.78, 5) is 2.45. The Balaban J connectivity index is 1.58. The number of rotatable bonds is 6. The topological polar surface area (TPSA) is 64.7 Å². The Labute approximate surface area is 191 Å². The molecule has 6 nitrogen and oxygen atoms in total. The molecule has 1 heterocycles. The normalized spacial score (nSPS) is 15.9. The van der Waals surface area contributed by atoms with Crippen LogP contribution in [0.4, 0.5) is 17.1 Å². The largest absolute Gasteiger partial charge is 0.372 e. The molecule has 0 aliphatic carbocycles. The molecule has 1 atom stereocenters. The maximum absolute atomic E-state index is 11.8. The van der Waals surface area contributed by atoms with Gasteiger partial charge in [0.05, 0.1) is 18.0 Å². The highest BCUT2D eigenvalue weighted by atomic mass is 32.2. The average molecular weight is 461 g/mol. The zero-order valence-electron chi connectivity index (χ0n) is 18.6. The van der Waals surface area contributed by atoms with E-state index >= 15 is 0 Å². The number of thiocarbonyl (C=S) groups is 1. The molecule has 31 heavy (non-hydrogen) atoms. The first-order chi connectivity index (χ1) is 14.6. The van der Waals surface area contributed by atoms with Gasteiger partial charge in [-0.2, -0.15) is 0 Å². The van der Waals surface area contributed by atoms with Crippen LogP contribution in [0.3, 0.4) is 0 Å². The van der Waals surface area contributed by atoms with Gasteiger partial charge < -0.3 is 15.5 Å².